The Balaban J connectivity index is 1.76. The molecule has 8 nitrogen and oxygen atoms in total. The van der Waals surface area contributed by atoms with E-state index >= 15 is 0 Å². The molecule has 1 atom stereocenters. The molecule has 4 amide bonds. The summed E-state index contributed by atoms with van der Waals surface area (Å²) in [6, 6.07) is 13.4. The van der Waals surface area contributed by atoms with Gasteiger partial charge in [0.15, 0.2) is 0 Å². The first kappa shape index (κ1) is 24.8. The summed E-state index contributed by atoms with van der Waals surface area (Å²) in [5.74, 6) is -0.457. The van der Waals surface area contributed by atoms with Crippen LogP contribution >= 0.6 is 0 Å². The lowest BCUT2D eigenvalue weighted by atomic mass is 9.94. The lowest BCUT2D eigenvalue weighted by Crippen LogP contribution is -2.48. The predicted molar refractivity (Wildman–Crippen MR) is 133 cm³/mol. The summed E-state index contributed by atoms with van der Waals surface area (Å²) < 4.78 is 5.27. The third-order valence-corrected chi connectivity index (χ3v) is 5.66. The molecule has 0 fully saturated rings. The van der Waals surface area contributed by atoms with Crippen molar-refractivity contribution in [3.8, 4) is 0 Å². The number of ether oxygens (including phenoxy) is 1. The number of allylic oxidation sites excluding steroid dienone is 1. The minimum Gasteiger partial charge on any atom is -0.463 e. The van der Waals surface area contributed by atoms with Gasteiger partial charge in [-0.1, -0.05) is 38.1 Å². The summed E-state index contributed by atoms with van der Waals surface area (Å²) >= 11 is 0. The molecular formula is C26H32N4O4. The standard InChI is InChI=1S/C26H32N4O4/c1-5-16-30-17(4)22(24(31)34-7-3)23(29-26(30)33)19-10-14-21(15-11-19)28-25(32)27-20-12-8-18(6-2)9-13-20/h8-15,23H,5-7,16H2,1-4H3,(H,29,33)(H2,27,28,32)/t23-/m1/s1. The molecule has 3 N–H and O–H groups in total. The van der Waals surface area contributed by atoms with Crippen molar-refractivity contribution >= 4 is 29.4 Å². The molecule has 0 aliphatic carbocycles. The Hall–Kier alpha value is -3.81. The van der Waals surface area contributed by atoms with Crippen molar-refractivity contribution in [2.75, 3.05) is 23.8 Å². The normalized spacial score (nSPS) is 15.6. The summed E-state index contributed by atoms with van der Waals surface area (Å²) in [4.78, 5) is 39.4. The molecule has 0 unspecified atom stereocenters. The molecular weight excluding hydrogens is 432 g/mol. The second-order valence-corrected chi connectivity index (χ2v) is 8.01. The third kappa shape index (κ3) is 5.75. The van der Waals surface area contributed by atoms with Crippen LogP contribution in [0, 0.1) is 0 Å². The van der Waals surface area contributed by atoms with E-state index in [1.807, 2.05) is 31.2 Å². The molecule has 8 heteroatoms. The van der Waals surface area contributed by atoms with Gasteiger partial charge >= 0.3 is 18.0 Å². The average Bonchev–Trinajstić information content (AvgIpc) is 2.82. The van der Waals surface area contributed by atoms with E-state index in [0.29, 0.717) is 34.8 Å². The molecule has 180 valence electrons. The maximum absolute atomic E-state index is 12.8. The number of hydrogen-bond donors (Lipinski definition) is 3. The van der Waals surface area contributed by atoms with Crippen LogP contribution in [0.2, 0.25) is 0 Å². The van der Waals surface area contributed by atoms with E-state index in [0.717, 1.165) is 12.8 Å². The van der Waals surface area contributed by atoms with Crippen molar-refractivity contribution < 1.29 is 19.1 Å². The van der Waals surface area contributed by atoms with Crippen molar-refractivity contribution in [3.63, 3.8) is 0 Å². The summed E-state index contributed by atoms with van der Waals surface area (Å²) in [6.07, 6.45) is 1.69. The number of esters is 1. The zero-order valence-corrected chi connectivity index (χ0v) is 20.1. The summed E-state index contributed by atoms with van der Waals surface area (Å²) in [5.41, 5.74) is 4.19. The number of urea groups is 2. The smallest absolute Gasteiger partial charge is 0.338 e. The number of benzene rings is 2. The minimum atomic E-state index is -0.639. The summed E-state index contributed by atoms with van der Waals surface area (Å²) in [5, 5.41) is 8.52. The van der Waals surface area contributed by atoms with Gasteiger partial charge in [-0.15, -0.1) is 0 Å². The van der Waals surface area contributed by atoms with Crippen LogP contribution in [-0.2, 0) is 16.0 Å². The number of amides is 4. The summed E-state index contributed by atoms with van der Waals surface area (Å²) in [7, 11) is 0. The molecule has 2 aromatic carbocycles. The first-order valence-electron chi connectivity index (χ1n) is 11.6. The van der Waals surface area contributed by atoms with E-state index in [2.05, 4.69) is 22.9 Å². The van der Waals surface area contributed by atoms with Gasteiger partial charge in [-0.3, -0.25) is 4.90 Å². The molecule has 0 spiro atoms. The number of anilines is 2. The van der Waals surface area contributed by atoms with Gasteiger partial charge in [0.25, 0.3) is 0 Å². The Morgan fingerprint density at radius 2 is 1.56 bits per heavy atom. The Bertz CT molecular complexity index is 1060. The van der Waals surface area contributed by atoms with Crippen LogP contribution in [0.15, 0.2) is 59.8 Å². The molecule has 0 bridgehead atoms. The largest absolute Gasteiger partial charge is 0.463 e. The second kappa shape index (κ2) is 11.4. The number of carbonyl (C=O) groups excluding carboxylic acids is 3. The van der Waals surface area contributed by atoms with Crippen LogP contribution in [-0.4, -0.2) is 36.1 Å². The molecule has 0 radical (unpaired) electrons. The van der Waals surface area contributed by atoms with Crippen molar-refractivity contribution in [3.05, 3.63) is 70.9 Å². The van der Waals surface area contributed by atoms with Crippen molar-refractivity contribution in [1.82, 2.24) is 10.2 Å². The van der Waals surface area contributed by atoms with Crippen LogP contribution in [0.25, 0.3) is 0 Å². The van der Waals surface area contributed by atoms with Crippen LogP contribution in [0.3, 0.4) is 0 Å². The molecule has 2 aromatic rings. The number of aryl methyl sites for hydroxylation is 1. The number of nitrogens with one attached hydrogen (secondary N) is 3. The zero-order chi connectivity index (χ0) is 24.7. The van der Waals surface area contributed by atoms with Gasteiger partial charge in [0.1, 0.15) is 0 Å². The van der Waals surface area contributed by atoms with E-state index in [9.17, 15) is 14.4 Å². The fourth-order valence-electron chi connectivity index (χ4n) is 3.87. The van der Waals surface area contributed by atoms with E-state index in [4.69, 9.17) is 4.74 Å². The van der Waals surface area contributed by atoms with Gasteiger partial charge in [0.2, 0.25) is 0 Å². The monoisotopic (exact) mass is 464 g/mol. The van der Waals surface area contributed by atoms with Gasteiger partial charge in [0, 0.05) is 23.6 Å². The molecule has 0 aromatic heterocycles. The fraction of sp³-hybridized carbons (Fsp3) is 0.346. The minimum absolute atomic E-state index is 0.239. The molecule has 1 aliphatic heterocycles. The first-order valence-corrected chi connectivity index (χ1v) is 11.6. The van der Waals surface area contributed by atoms with E-state index in [1.54, 1.807) is 43.0 Å². The van der Waals surface area contributed by atoms with Gasteiger partial charge in [-0.2, -0.15) is 0 Å². The Morgan fingerprint density at radius 1 is 0.971 bits per heavy atom. The van der Waals surface area contributed by atoms with Crippen LogP contribution in [0.5, 0.6) is 0 Å². The zero-order valence-electron chi connectivity index (χ0n) is 20.1. The van der Waals surface area contributed by atoms with Crippen LogP contribution < -0.4 is 16.0 Å². The van der Waals surface area contributed by atoms with Crippen molar-refractivity contribution in [2.24, 2.45) is 0 Å². The van der Waals surface area contributed by atoms with Gasteiger partial charge < -0.3 is 20.7 Å². The number of carbonyl (C=O) groups is 3. The molecule has 1 heterocycles. The van der Waals surface area contributed by atoms with Crippen LogP contribution in [0.1, 0.15) is 51.3 Å². The third-order valence-electron chi connectivity index (χ3n) is 5.66. The van der Waals surface area contributed by atoms with E-state index < -0.39 is 12.0 Å². The maximum atomic E-state index is 12.8. The molecule has 0 saturated heterocycles. The highest BCUT2D eigenvalue weighted by atomic mass is 16.5. The quantitative estimate of drug-likeness (QED) is 0.467. The fourth-order valence-corrected chi connectivity index (χ4v) is 3.87. The topological polar surface area (TPSA) is 99.8 Å². The molecule has 34 heavy (non-hydrogen) atoms. The number of hydrogen-bond acceptors (Lipinski definition) is 4. The highest BCUT2D eigenvalue weighted by molar-refractivity contribution is 6.00. The maximum Gasteiger partial charge on any atom is 0.338 e. The highest BCUT2D eigenvalue weighted by Crippen LogP contribution is 2.32. The van der Waals surface area contributed by atoms with Gasteiger partial charge in [-0.05, 0) is 62.1 Å². The predicted octanol–water partition coefficient (Wildman–Crippen LogP) is 5.21. The molecule has 0 saturated carbocycles. The first-order chi connectivity index (χ1) is 16.4. The van der Waals surface area contributed by atoms with Crippen LogP contribution in [0.4, 0.5) is 21.0 Å². The molecule has 1 aliphatic rings. The lowest BCUT2D eigenvalue weighted by Gasteiger charge is -2.35. The van der Waals surface area contributed by atoms with Crippen molar-refractivity contribution in [2.45, 2.75) is 46.6 Å². The Kier molecular flexibility index (Phi) is 8.29. The average molecular weight is 465 g/mol. The van der Waals surface area contributed by atoms with Gasteiger partial charge in [0.05, 0.1) is 18.2 Å². The van der Waals surface area contributed by atoms with Gasteiger partial charge in [-0.25, -0.2) is 14.4 Å². The second-order valence-electron chi connectivity index (χ2n) is 8.01. The highest BCUT2D eigenvalue weighted by Gasteiger charge is 2.36. The van der Waals surface area contributed by atoms with E-state index in [-0.39, 0.29) is 18.7 Å². The molecule has 3 rings (SSSR count). The summed E-state index contributed by atoms with van der Waals surface area (Å²) in [6.45, 7) is 8.30. The Morgan fingerprint density at radius 3 is 2.09 bits per heavy atom. The van der Waals surface area contributed by atoms with Crippen molar-refractivity contribution in [1.29, 1.82) is 0 Å². The number of rotatable bonds is 8. The van der Waals surface area contributed by atoms with E-state index in [1.165, 1.54) is 5.56 Å². The SMILES string of the molecule is CCCN1C(=O)N[C@H](c2ccc(NC(=O)Nc3ccc(CC)cc3)cc2)C(C(=O)OCC)=C1C. The Labute approximate surface area is 200 Å². The lowest BCUT2D eigenvalue weighted by molar-refractivity contribution is -0.139. The number of nitrogens with zero attached hydrogens (tertiary/aromatic N) is 1.